The maximum atomic E-state index is 13.9. The van der Waals surface area contributed by atoms with Gasteiger partial charge in [0.05, 0.1) is 0 Å². The maximum absolute atomic E-state index is 13.9. The van der Waals surface area contributed by atoms with Crippen LogP contribution in [-0.2, 0) is 57.8 Å². The average Bonchev–Trinajstić information content (AvgIpc) is 3.25. The van der Waals surface area contributed by atoms with Gasteiger partial charge in [-0.1, -0.05) is 0 Å². The molecule has 0 aliphatic rings. The number of benzene rings is 6. The summed E-state index contributed by atoms with van der Waals surface area (Å²) in [6.07, 6.45) is 0. The molecule has 6 aromatic carbocycles. The Bertz CT molecular complexity index is 2760. The van der Waals surface area contributed by atoms with Crippen molar-refractivity contribution in [3.8, 4) is 0 Å². The van der Waals surface area contributed by atoms with Crippen LogP contribution >= 0.6 is 40.5 Å². The van der Waals surface area contributed by atoms with Crippen LogP contribution in [0.2, 0.25) is 0 Å². The van der Waals surface area contributed by atoms with Crippen LogP contribution in [0.25, 0.3) is 0 Å². The van der Waals surface area contributed by atoms with E-state index in [-0.39, 0.29) is 32.5 Å². The van der Waals surface area contributed by atoms with Crippen molar-refractivity contribution in [3.63, 3.8) is 0 Å². The van der Waals surface area contributed by atoms with Crippen LogP contribution in [0.1, 0.15) is 180 Å². The Balaban J connectivity index is 0.000000274. The zero-order valence-corrected chi connectivity index (χ0v) is 54.5. The van der Waals surface area contributed by atoms with Crippen molar-refractivity contribution in [3.05, 3.63) is 191 Å². The summed E-state index contributed by atoms with van der Waals surface area (Å²) in [6, 6.07) is 41.2. The van der Waals surface area contributed by atoms with Crippen LogP contribution < -0.4 is 0 Å². The molecule has 10 heteroatoms. The molecular weight excluding hydrogens is 1180 g/mol. The van der Waals surface area contributed by atoms with E-state index in [4.69, 9.17) is 5.03 Å². The molecule has 6 rings (SSSR count). The Hall–Kier alpha value is -3.40. The van der Waals surface area contributed by atoms with E-state index in [9.17, 15) is 16.8 Å². The van der Waals surface area contributed by atoms with Gasteiger partial charge in [-0.3, -0.25) is 0 Å². The number of hydrogen-bond acceptors (Lipinski definition) is 6. The van der Waals surface area contributed by atoms with Crippen LogP contribution in [0.4, 0.5) is 0 Å². The number of hydrogen-bond donors (Lipinski definition) is 0. The fourth-order valence-corrected chi connectivity index (χ4v) is 22.9. The summed E-state index contributed by atoms with van der Waals surface area (Å²) in [7, 11) is -7.97. The van der Waals surface area contributed by atoms with Crippen LogP contribution in [0.15, 0.2) is 131 Å². The topological polar surface area (TPSA) is 86.7 Å². The van der Waals surface area contributed by atoms with Crippen LogP contribution in [0.5, 0.6) is 0 Å². The van der Waals surface area contributed by atoms with E-state index in [2.05, 4.69) is 222 Å². The Labute approximate surface area is 464 Å². The zero-order chi connectivity index (χ0) is 55.9. The van der Waals surface area contributed by atoms with Gasteiger partial charge in [0, 0.05) is 0 Å². The van der Waals surface area contributed by atoms with Crippen molar-refractivity contribution in [1.82, 2.24) is 0 Å². The summed E-state index contributed by atoms with van der Waals surface area (Å²) < 4.78 is 71.8. The van der Waals surface area contributed by atoms with E-state index < -0.39 is 60.7 Å². The van der Waals surface area contributed by atoms with Gasteiger partial charge in [-0.05, 0) is 0 Å². The van der Waals surface area contributed by atoms with Crippen molar-refractivity contribution in [1.29, 1.82) is 0 Å². The Morgan fingerprint density at radius 1 is 0.284 bits per heavy atom. The van der Waals surface area contributed by atoms with Gasteiger partial charge in [0.25, 0.3) is 0 Å². The Morgan fingerprint density at radius 2 is 0.446 bits per heavy atom. The van der Waals surface area contributed by atoms with Crippen LogP contribution in [0, 0.1) is 42.0 Å². The molecule has 0 fully saturated rings. The molecule has 0 heterocycles. The van der Waals surface area contributed by atoms with Gasteiger partial charge in [0.1, 0.15) is 0 Å². The summed E-state index contributed by atoms with van der Waals surface area (Å²) in [5.41, 5.74) is 9.92. The van der Waals surface area contributed by atoms with Crippen LogP contribution in [-0.4, -0.2) is 16.8 Å². The van der Waals surface area contributed by atoms with E-state index in [0.717, 1.165) is 47.7 Å². The van der Waals surface area contributed by atoms with Crippen molar-refractivity contribution >= 4 is 60.7 Å². The molecule has 6 aromatic rings. The number of rotatable bonds is 10. The van der Waals surface area contributed by atoms with Gasteiger partial charge in [-0.15, -0.1) is 0 Å². The van der Waals surface area contributed by atoms with Gasteiger partial charge in [0.15, 0.2) is 0 Å². The molecule has 0 spiro atoms. The van der Waals surface area contributed by atoms with Crippen molar-refractivity contribution in [2.24, 2.45) is 0 Å². The molecule has 0 aliphatic carbocycles. The molecule has 0 aliphatic heterocycles. The molecule has 0 bridgehead atoms. The normalized spacial score (nSPS) is 13.5. The molecule has 0 atom stereocenters. The quantitative estimate of drug-likeness (QED) is 0.127. The third-order valence-corrected chi connectivity index (χ3v) is 28.3. The first-order valence-corrected chi connectivity index (χ1v) is 34.5. The molecule has 0 amide bonds. The predicted molar refractivity (Wildman–Crippen MR) is 329 cm³/mol. The second-order valence-corrected chi connectivity index (χ2v) is 38.8. The zero-order valence-electron chi connectivity index (χ0n) is 48.6. The van der Waals surface area contributed by atoms with E-state index in [1.807, 2.05) is 52.0 Å². The van der Waals surface area contributed by atoms with Gasteiger partial charge < -0.3 is 0 Å². The van der Waals surface area contributed by atoms with Crippen molar-refractivity contribution < 1.29 is 21.9 Å². The SMILES string of the molecule is Cc1cc(C(C)(C)C)cc(C)c1S(=O)(=O)OI(c1ccc(C(C)(C)C)cc1)c1ccc(C(C)(C)C)cc1.Cc1cc(C(C)(C)C)cc(C)c1S(=O)(=O)OI(c1ccc(C(C)(C)C)cc1)c1ccc(C(C)(C)C)cc1. The number of halogens is 2. The molecule has 0 aromatic heterocycles. The fraction of sp³-hybridized carbons (Fsp3) is 0.438. The molecule has 0 saturated carbocycles. The minimum absolute atomic E-state index is 0.0158. The molecule has 404 valence electrons. The molecule has 6 nitrogen and oxygen atoms in total. The van der Waals surface area contributed by atoms with Gasteiger partial charge in [-0.25, -0.2) is 0 Å². The summed E-state index contributed by atoms with van der Waals surface area (Å²) >= 11 is -5.60. The van der Waals surface area contributed by atoms with Gasteiger partial charge >= 0.3 is 468 Å². The second kappa shape index (κ2) is 22.5. The average molecular weight is 1270 g/mol. The molecule has 0 saturated heterocycles. The van der Waals surface area contributed by atoms with E-state index >= 15 is 0 Å². The first-order valence-electron chi connectivity index (χ1n) is 25.6. The summed E-state index contributed by atoms with van der Waals surface area (Å²) in [4.78, 5) is 0.584. The Morgan fingerprint density at radius 3 is 0.595 bits per heavy atom. The standard InChI is InChI=1S/2C32H43IO3S/c2*1-22-20-26(32(9,10)11)21-23(2)29(22)37(34,35)36-33(27-16-12-24(13-17-27)30(3,4)5)28-18-14-25(15-19-28)31(6,7)8/h2*12-21H,1-11H3. The first kappa shape index (κ1) is 61.5. The van der Waals surface area contributed by atoms with Crippen molar-refractivity contribution in [2.45, 2.75) is 195 Å². The van der Waals surface area contributed by atoms with E-state index in [1.54, 1.807) is 0 Å². The molecule has 0 radical (unpaired) electrons. The number of aryl methyl sites for hydroxylation is 4. The second-order valence-electron chi connectivity index (χ2n) is 25.9. The van der Waals surface area contributed by atoms with Crippen molar-refractivity contribution in [2.75, 3.05) is 0 Å². The first-order chi connectivity index (χ1) is 33.6. The predicted octanol–water partition coefficient (Wildman–Crippen LogP) is 18.1. The molecule has 74 heavy (non-hydrogen) atoms. The van der Waals surface area contributed by atoms with E-state index in [0.29, 0.717) is 9.79 Å². The third-order valence-electron chi connectivity index (χ3n) is 13.1. The molecule has 0 N–H and O–H groups in total. The summed E-state index contributed by atoms with van der Waals surface area (Å²) in [5, 5.41) is 0. The Kier molecular flexibility index (Phi) is 18.7. The molecule has 0 unspecified atom stereocenters. The molecular formula is C64H86I2O6S2. The van der Waals surface area contributed by atoms with Crippen LogP contribution in [0.3, 0.4) is 0 Å². The van der Waals surface area contributed by atoms with Gasteiger partial charge in [0.2, 0.25) is 0 Å². The minimum atomic E-state index is -3.99. The summed E-state index contributed by atoms with van der Waals surface area (Å²) in [6.45, 7) is 46.4. The third kappa shape index (κ3) is 15.4. The monoisotopic (exact) mass is 1270 g/mol. The van der Waals surface area contributed by atoms with E-state index in [1.165, 1.54) is 22.3 Å². The summed E-state index contributed by atoms with van der Waals surface area (Å²) in [5.74, 6) is 0. The van der Waals surface area contributed by atoms with Gasteiger partial charge in [-0.2, -0.15) is 0 Å². The fourth-order valence-electron chi connectivity index (χ4n) is 8.44.